The number of rotatable bonds is 5. The van der Waals surface area contributed by atoms with Crippen molar-refractivity contribution < 1.29 is 14.4 Å². The van der Waals surface area contributed by atoms with Gasteiger partial charge in [-0.15, -0.1) is 5.10 Å². The number of nitrogens with two attached hydrogens (primary N) is 1. The van der Waals surface area contributed by atoms with Gasteiger partial charge in [0.25, 0.3) is 11.6 Å². The van der Waals surface area contributed by atoms with Gasteiger partial charge >= 0.3 is 0 Å². The van der Waals surface area contributed by atoms with E-state index in [2.05, 4.69) is 10.2 Å². The summed E-state index contributed by atoms with van der Waals surface area (Å²) in [6.07, 6.45) is 1.19. The van der Waals surface area contributed by atoms with Gasteiger partial charge in [-0.3, -0.25) is 10.1 Å². The largest absolute Gasteiger partial charge is 0.455 e. The van der Waals surface area contributed by atoms with Gasteiger partial charge < -0.3 is 10.2 Å². The summed E-state index contributed by atoms with van der Waals surface area (Å²) in [5.74, 6) is 0.205. The van der Waals surface area contributed by atoms with Crippen LogP contribution in [0.15, 0.2) is 51.0 Å². The van der Waals surface area contributed by atoms with Gasteiger partial charge in [0, 0.05) is 17.7 Å². The van der Waals surface area contributed by atoms with Gasteiger partial charge in [0.15, 0.2) is 5.03 Å². The van der Waals surface area contributed by atoms with Crippen molar-refractivity contribution in [2.75, 3.05) is 0 Å². The van der Waals surface area contributed by atoms with E-state index < -0.39 is 15.9 Å². The molecule has 0 aliphatic heterocycles. The quantitative estimate of drug-likeness (QED) is 0.363. The third kappa shape index (κ3) is 4.35. The highest BCUT2D eigenvalue weighted by atomic mass is 16.7. The number of nitro benzene ring substituents is 1. The van der Waals surface area contributed by atoms with Crippen molar-refractivity contribution in [1.82, 2.24) is 5.43 Å². The zero-order valence-corrected chi connectivity index (χ0v) is 11.4. The molecule has 118 valence electrons. The van der Waals surface area contributed by atoms with Crippen LogP contribution in [0, 0.1) is 20.2 Å². The predicted molar refractivity (Wildman–Crippen MR) is 80.1 cm³/mol. The molecule has 1 aromatic carbocycles. The second-order valence-corrected chi connectivity index (χ2v) is 4.11. The molecule has 0 saturated carbocycles. The van der Waals surface area contributed by atoms with Crippen LogP contribution in [0.4, 0.5) is 5.69 Å². The zero-order chi connectivity index (χ0) is 16.8. The maximum atomic E-state index is 10.7. The molecule has 0 fully saturated rings. The van der Waals surface area contributed by atoms with Gasteiger partial charge in [-0.25, -0.2) is 10.1 Å². The molecule has 3 N–H and O–H groups in total. The Balaban J connectivity index is 2.13. The fraction of sp³-hybridized carbons (Fsp3) is 0. The molecule has 0 amide bonds. The Bertz CT molecular complexity index is 797. The SMILES string of the molecule is N/C(=N\N=C/c1ccc(-c2cccc([N+](=O)[O-])c2)o1)N[N+](=O)[O-]. The summed E-state index contributed by atoms with van der Waals surface area (Å²) in [7, 11) is 0. The van der Waals surface area contributed by atoms with Crippen LogP contribution in [0.3, 0.4) is 0 Å². The predicted octanol–water partition coefficient (Wildman–Crippen LogP) is 1.28. The second-order valence-electron chi connectivity index (χ2n) is 4.11. The average Bonchev–Trinajstić information content (AvgIpc) is 2.95. The molecule has 2 rings (SSSR count). The summed E-state index contributed by atoms with van der Waals surface area (Å²) in [6.45, 7) is 0. The fourth-order valence-corrected chi connectivity index (χ4v) is 1.61. The number of hydrogen-bond donors (Lipinski definition) is 2. The highest BCUT2D eigenvalue weighted by Gasteiger charge is 2.09. The minimum absolute atomic E-state index is 0.0580. The molecular weight excluding hydrogens is 308 g/mol. The number of non-ortho nitro benzene ring substituents is 1. The van der Waals surface area contributed by atoms with Crippen molar-refractivity contribution in [2.45, 2.75) is 0 Å². The van der Waals surface area contributed by atoms with Crippen molar-refractivity contribution in [3.63, 3.8) is 0 Å². The molecule has 11 heteroatoms. The van der Waals surface area contributed by atoms with Crippen LogP contribution in [-0.2, 0) is 0 Å². The van der Waals surface area contributed by atoms with Crippen LogP contribution in [-0.4, -0.2) is 22.1 Å². The highest BCUT2D eigenvalue weighted by molar-refractivity contribution is 5.80. The van der Waals surface area contributed by atoms with E-state index in [-0.39, 0.29) is 5.69 Å². The lowest BCUT2D eigenvalue weighted by Gasteiger charge is -1.96. The van der Waals surface area contributed by atoms with Gasteiger partial charge in [0.05, 0.1) is 11.1 Å². The first-order chi connectivity index (χ1) is 11.0. The molecule has 0 spiro atoms. The first-order valence-electron chi connectivity index (χ1n) is 6.08. The third-order valence-corrected chi connectivity index (χ3v) is 2.52. The molecule has 11 nitrogen and oxygen atoms in total. The van der Waals surface area contributed by atoms with Gasteiger partial charge in [-0.05, 0) is 12.1 Å². The number of nitro groups is 2. The Kier molecular flexibility index (Phi) is 4.62. The van der Waals surface area contributed by atoms with E-state index in [0.29, 0.717) is 17.1 Å². The Morgan fingerprint density at radius 1 is 1.26 bits per heavy atom. The standard InChI is InChI=1S/C12H10N6O5/c13-12(16-18(21)22)15-14-7-10-4-5-11(23-10)8-2-1-3-9(6-8)17(19)20/h1-7H,(H3,13,15,16)/b14-7-. The summed E-state index contributed by atoms with van der Waals surface area (Å²) in [4.78, 5) is 20.3. The molecule has 0 saturated heterocycles. The van der Waals surface area contributed by atoms with E-state index in [1.54, 1.807) is 23.6 Å². The molecule has 0 aliphatic rings. The van der Waals surface area contributed by atoms with Gasteiger partial charge in [-0.2, -0.15) is 5.10 Å². The normalized spacial score (nSPS) is 11.6. The maximum absolute atomic E-state index is 10.7. The molecule has 1 heterocycles. The van der Waals surface area contributed by atoms with Crippen molar-refractivity contribution in [3.8, 4) is 11.3 Å². The van der Waals surface area contributed by atoms with E-state index >= 15 is 0 Å². The van der Waals surface area contributed by atoms with Crippen LogP contribution >= 0.6 is 0 Å². The Labute approximate surface area is 128 Å². The fourth-order valence-electron chi connectivity index (χ4n) is 1.61. The van der Waals surface area contributed by atoms with E-state index in [9.17, 15) is 20.2 Å². The topological polar surface area (TPSA) is 162 Å². The zero-order valence-electron chi connectivity index (χ0n) is 11.4. The van der Waals surface area contributed by atoms with Crippen molar-refractivity contribution >= 4 is 17.9 Å². The average molecular weight is 318 g/mol. The number of furan rings is 1. The van der Waals surface area contributed by atoms with Crippen LogP contribution in [0.1, 0.15) is 5.76 Å². The van der Waals surface area contributed by atoms with E-state index in [1.165, 1.54) is 24.4 Å². The molecule has 0 bridgehead atoms. The van der Waals surface area contributed by atoms with Gasteiger partial charge in [0.1, 0.15) is 11.5 Å². The summed E-state index contributed by atoms with van der Waals surface area (Å²) in [5, 5.41) is 26.8. The summed E-state index contributed by atoms with van der Waals surface area (Å²) in [5.41, 5.74) is 7.25. The first-order valence-corrected chi connectivity index (χ1v) is 6.08. The van der Waals surface area contributed by atoms with E-state index in [0.717, 1.165) is 0 Å². The number of hydrogen-bond acceptors (Lipinski definition) is 7. The monoisotopic (exact) mass is 318 g/mol. The van der Waals surface area contributed by atoms with Crippen LogP contribution in [0.2, 0.25) is 0 Å². The highest BCUT2D eigenvalue weighted by Crippen LogP contribution is 2.25. The molecule has 1 aromatic heterocycles. The first kappa shape index (κ1) is 15.6. The molecule has 0 aliphatic carbocycles. The van der Waals surface area contributed by atoms with Crippen molar-refractivity contribution in [2.24, 2.45) is 15.9 Å². The second kappa shape index (κ2) is 6.80. The Morgan fingerprint density at radius 3 is 2.74 bits per heavy atom. The minimum Gasteiger partial charge on any atom is -0.455 e. The van der Waals surface area contributed by atoms with Gasteiger partial charge in [-0.1, -0.05) is 17.6 Å². The van der Waals surface area contributed by atoms with E-state index in [4.69, 9.17) is 10.2 Å². The lowest BCUT2D eigenvalue weighted by atomic mass is 10.1. The minimum atomic E-state index is -0.873. The maximum Gasteiger partial charge on any atom is 0.275 e. The van der Waals surface area contributed by atoms with Crippen LogP contribution < -0.4 is 11.2 Å². The third-order valence-electron chi connectivity index (χ3n) is 2.52. The van der Waals surface area contributed by atoms with Crippen molar-refractivity contribution in [3.05, 3.63) is 62.4 Å². The molecule has 0 unspecified atom stereocenters. The number of guanidine groups is 1. The lowest BCUT2D eigenvalue weighted by molar-refractivity contribution is -0.525. The molecule has 0 radical (unpaired) electrons. The molecular formula is C12H10N6O5. The summed E-state index contributed by atoms with van der Waals surface area (Å²) >= 11 is 0. The van der Waals surface area contributed by atoms with Crippen LogP contribution in [0.25, 0.3) is 11.3 Å². The Morgan fingerprint density at radius 2 is 2.04 bits per heavy atom. The Hall–Kier alpha value is -3.76. The molecule has 0 atom stereocenters. The summed E-state index contributed by atoms with van der Waals surface area (Å²) < 4.78 is 5.43. The number of hydrazine groups is 1. The molecule has 2 aromatic rings. The van der Waals surface area contributed by atoms with Crippen molar-refractivity contribution in [1.29, 1.82) is 0 Å². The van der Waals surface area contributed by atoms with Gasteiger partial charge in [0.2, 0.25) is 0 Å². The van der Waals surface area contributed by atoms with Crippen LogP contribution in [0.5, 0.6) is 0 Å². The smallest absolute Gasteiger partial charge is 0.275 e. The van der Waals surface area contributed by atoms with E-state index in [1.807, 2.05) is 0 Å². The molecule has 23 heavy (non-hydrogen) atoms. The summed E-state index contributed by atoms with van der Waals surface area (Å²) in [6, 6.07) is 9.10. The number of benzene rings is 1. The number of nitrogens with one attached hydrogen (secondary N) is 1. The lowest BCUT2D eigenvalue weighted by Crippen LogP contribution is -2.35. The number of nitrogens with zero attached hydrogens (tertiary/aromatic N) is 4.